The van der Waals surface area contributed by atoms with Gasteiger partial charge in [-0.2, -0.15) is 13.2 Å². The first-order valence-electron chi connectivity index (χ1n) is 7.47. The number of rotatable bonds is 2. The predicted octanol–water partition coefficient (Wildman–Crippen LogP) is 4.71. The van der Waals surface area contributed by atoms with E-state index in [1.807, 2.05) is 0 Å². The molecule has 1 amide bonds. The van der Waals surface area contributed by atoms with E-state index in [9.17, 15) is 27.2 Å². The van der Waals surface area contributed by atoms with Crippen LogP contribution in [0.5, 0.6) is 0 Å². The monoisotopic (exact) mass is 364 g/mol. The summed E-state index contributed by atoms with van der Waals surface area (Å²) in [6.45, 7) is 1.25. The largest absolute Gasteiger partial charge is 0.418 e. The molecule has 0 aliphatic heterocycles. The number of aromatic nitrogens is 1. The van der Waals surface area contributed by atoms with Gasteiger partial charge in [0, 0.05) is 18.5 Å². The summed E-state index contributed by atoms with van der Waals surface area (Å²) in [5.74, 6) is -1.93. The molecule has 26 heavy (non-hydrogen) atoms. The van der Waals surface area contributed by atoms with Gasteiger partial charge in [-0.25, -0.2) is 4.39 Å². The summed E-state index contributed by atoms with van der Waals surface area (Å²) in [6.07, 6.45) is -3.47. The van der Waals surface area contributed by atoms with Crippen LogP contribution >= 0.6 is 0 Å². The maximum Gasteiger partial charge on any atom is 0.418 e. The van der Waals surface area contributed by atoms with E-state index in [4.69, 9.17) is 0 Å². The summed E-state index contributed by atoms with van der Waals surface area (Å²) in [4.78, 5) is 24.2. The molecule has 1 aromatic heterocycles. The van der Waals surface area contributed by atoms with Crippen LogP contribution in [-0.4, -0.2) is 16.4 Å². The fraction of sp³-hybridized carbons (Fsp3) is 0.111. The second-order valence-electron chi connectivity index (χ2n) is 5.59. The molecule has 8 heteroatoms. The van der Waals surface area contributed by atoms with Crippen LogP contribution in [0.2, 0.25) is 0 Å². The molecule has 3 rings (SSSR count). The van der Waals surface area contributed by atoms with Gasteiger partial charge in [-0.05, 0) is 30.3 Å². The van der Waals surface area contributed by atoms with Gasteiger partial charge < -0.3 is 5.32 Å². The van der Waals surface area contributed by atoms with Gasteiger partial charge in [-0.3, -0.25) is 14.2 Å². The molecule has 134 valence electrons. The summed E-state index contributed by atoms with van der Waals surface area (Å²) in [5, 5.41) is 2.32. The molecule has 0 bridgehead atoms. The number of hydrogen-bond donors (Lipinski definition) is 1. The Balaban J connectivity index is 2.07. The van der Waals surface area contributed by atoms with E-state index in [0.29, 0.717) is 0 Å². The second kappa shape index (κ2) is 6.29. The van der Waals surface area contributed by atoms with Crippen molar-refractivity contribution in [2.75, 3.05) is 5.32 Å². The zero-order valence-electron chi connectivity index (χ0n) is 13.4. The Kier molecular flexibility index (Phi) is 4.27. The van der Waals surface area contributed by atoms with Gasteiger partial charge >= 0.3 is 6.18 Å². The summed E-state index contributed by atoms with van der Waals surface area (Å²) in [5.41, 5.74) is -1.25. The number of alkyl halides is 3. The number of carbonyl (C=O) groups excluding carboxylic acids is 2. The van der Waals surface area contributed by atoms with E-state index in [1.165, 1.54) is 31.3 Å². The van der Waals surface area contributed by atoms with Crippen LogP contribution in [0.1, 0.15) is 27.6 Å². The van der Waals surface area contributed by atoms with Crippen molar-refractivity contribution in [3.8, 4) is 0 Å². The van der Waals surface area contributed by atoms with Crippen molar-refractivity contribution in [1.82, 2.24) is 4.57 Å². The minimum Gasteiger partial charge on any atom is -0.321 e. The van der Waals surface area contributed by atoms with E-state index in [2.05, 4.69) is 5.32 Å². The van der Waals surface area contributed by atoms with E-state index in [-0.39, 0.29) is 16.5 Å². The maximum absolute atomic E-state index is 13.6. The first-order chi connectivity index (χ1) is 12.2. The van der Waals surface area contributed by atoms with Gasteiger partial charge in [-0.1, -0.05) is 12.1 Å². The number of hydrogen-bond acceptors (Lipinski definition) is 2. The number of nitrogens with zero attached hydrogens (tertiary/aromatic N) is 1. The lowest BCUT2D eigenvalue weighted by atomic mass is 10.1. The highest BCUT2D eigenvalue weighted by Crippen LogP contribution is 2.35. The lowest BCUT2D eigenvalue weighted by Gasteiger charge is -2.13. The van der Waals surface area contributed by atoms with Crippen LogP contribution in [0, 0.1) is 5.82 Å². The minimum atomic E-state index is -4.65. The first-order valence-corrected chi connectivity index (χ1v) is 7.47. The van der Waals surface area contributed by atoms with Crippen LogP contribution in [0.25, 0.3) is 10.9 Å². The summed E-state index contributed by atoms with van der Waals surface area (Å²) in [6, 6.07) is 8.02. The highest BCUT2D eigenvalue weighted by molar-refractivity contribution is 6.14. The SMILES string of the molecule is CC(=O)n1cc(C(=O)Nc2ccccc2C(F)(F)F)c2cc(F)ccc21. The van der Waals surface area contributed by atoms with E-state index < -0.39 is 35.1 Å². The number of amides is 1. The molecule has 4 nitrogen and oxygen atoms in total. The Morgan fingerprint density at radius 1 is 1.08 bits per heavy atom. The van der Waals surface area contributed by atoms with Crippen LogP contribution < -0.4 is 5.32 Å². The van der Waals surface area contributed by atoms with Gasteiger partial charge in [0.2, 0.25) is 5.91 Å². The molecule has 0 spiro atoms. The summed E-state index contributed by atoms with van der Waals surface area (Å²) >= 11 is 0. The van der Waals surface area contributed by atoms with Crippen molar-refractivity contribution in [1.29, 1.82) is 0 Å². The fourth-order valence-corrected chi connectivity index (χ4v) is 2.67. The Morgan fingerprint density at radius 3 is 2.42 bits per heavy atom. The van der Waals surface area contributed by atoms with Gasteiger partial charge in [0.15, 0.2) is 0 Å². The molecule has 0 unspecified atom stereocenters. The van der Waals surface area contributed by atoms with Crippen LogP contribution in [0.15, 0.2) is 48.7 Å². The Morgan fingerprint density at radius 2 is 1.77 bits per heavy atom. The Hall–Kier alpha value is -3.16. The molecule has 0 fully saturated rings. The molecule has 0 aliphatic carbocycles. The molecule has 1 heterocycles. The quantitative estimate of drug-likeness (QED) is 0.670. The standard InChI is InChI=1S/C18H12F4N2O2/c1-10(25)24-9-13(12-8-11(19)6-7-16(12)24)17(26)23-15-5-3-2-4-14(15)18(20,21)22/h2-9H,1H3,(H,23,26). The zero-order chi connectivity index (χ0) is 19.1. The number of benzene rings is 2. The zero-order valence-corrected chi connectivity index (χ0v) is 13.4. The van der Waals surface area contributed by atoms with Crippen molar-refractivity contribution in [2.24, 2.45) is 0 Å². The van der Waals surface area contributed by atoms with Crippen molar-refractivity contribution >= 4 is 28.4 Å². The number of anilines is 1. The topological polar surface area (TPSA) is 51.1 Å². The van der Waals surface area contributed by atoms with Crippen LogP contribution in [-0.2, 0) is 6.18 Å². The van der Waals surface area contributed by atoms with E-state index in [1.54, 1.807) is 0 Å². The van der Waals surface area contributed by atoms with E-state index >= 15 is 0 Å². The molecule has 0 atom stereocenters. The maximum atomic E-state index is 13.6. The van der Waals surface area contributed by atoms with Crippen LogP contribution in [0.3, 0.4) is 0 Å². The van der Waals surface area contributed by atoms with Gasteiger partial charge in [-0.15, -0.1) is 0 Å². The number of para-hydroxylation sites is 1. The normalized spacial score (nSPS) is 11.6. The van der Waals surface area contributed by atoms with Crippen molar-refractivity contribution in [3.05, 3.63) is 65.6 Å². The van der Waals surface area contributed by atoms with E-state index in [0.717, 1.165) is 28.8 Å². The Labute approximate surface area is 145 Å². The average molecular weight is 364 g/mol. The van der Waals surface area contributed by atoms with Gasteiger partial charge in [0.1, 0.15) is 5.82 Å². The smallest absolute Gasteiger partial charge is 0.321 e. The third-order valence-corrected chi connectivity index (χ3v) is 3.83. The van der Waals surface area contributed by atoms with Crippen molar-refractivity contribution in [3.63, 3.8) is 0 Å². The molecule has 0 saturated heterocycles. The third-order valence-electron chi connectivity index (χ3n) is 3.83. The highest BCUT2D eigenvalue weighted by atomic mass is 19.4. The van der Waals surface area contributed by atoms with Crippen molar-refractivity contribution in [2.45, 2.75) is 13.1 Å². The second-order valence-corrected chi connectivity index (χ2v) is 5.59. The molecule has 0 saturated carbocycles. The molecule has 1 N–H and O–H groups in total. The number of fused-ring (bicyclic) bond motifs is 1. The molecule has 0 radical (unpaired) electrons. The lowest BCUT2D eigenvalue weighted by Crippen LogP contribution is -2.16. The summed E-state index contributed by atoms with van der Waals surface area (Å²) in [7, 11) is 0. The first kappa shape index (κ1) is 17.7. The molecule has 2 aromatic carbocycles. The highest BCUT2D eigenvalue weighted by Gasteiger charge is 2.33. The molecule has 3 aromatic rings. The number of nitrogens with one attached hydrogen (secondary N) is 1. The molecule has 0 aliphatic rings. The van der Waals surface area contributed by atoms with Crippen molar-refractivity contribution < 1.29 is 27.2 Å². The molecular weight excluding hydrogens is 352 g/mol. The average Bonchev–Trinajstić information content (AvgIpc) is 2.93. The number of halogens is 4. The molecular formula is C18H12F4N2O2. The van der Waals surface area contributed by atoms with Gasteiger partial charge in [0.25, 0.3) is 5.91 Å². The predicted molar refractivity (Wildman–Crippen MR) is 87.6 cm³/mol. The Bertz CT molecular complexity index is 1020. The van der Waals surface area contributed by atoms with Crippen LogP contribution in [0.4, 0.5) is 23.2 Å². The summed E-state index contributed by atoms with van der Waals surface area (Å²) < 4.78 is 53.9. The lowest BCUT2D eigenvalue weighted by molar-refractivity contribution is -0.136. The minimum absolute atomic E-state index is 0.105. The third kappa shape index (κ3) is 3.17. The fourth-order valence-electron chi connectivity index (χ4n) is 2.67. The number of carbonyl (C=O) groups is 2. The van der Waals surface area contributed by atoms with Gasteiger partial charge in [0.05, 0.1) is 22.3 Å².